The largest absolute Gasteiger partial charge is 0.457 e. The van der Waals surface area contributed by atoms with E-state index in [2.05, 4.69) is 37.9 Å². The highest BCUT2D eigenvalue weighted by molar-refractivity contribution is 5.94. The zero-order valence-corrected chi connectivity index (χ0v) is 16.5. The maximum Gasteiger partial charge on any atom is 0.338 e. The summed E-state index contributed by atoms with van der Waals surface area (Å²) in [5.41, 5.74) is 3.21. The molecule has 0 unspecified atom stereocenters. The Kier molecular flexibility index (Phi) is 4.53. The first-order valence-corrected chi connectivity index (χ1v) is 9.63. The summed E-state index contributed by atoms with van der Waals surface area (Å²) in [6.07, 6.45) is 1.73. The van der Waals surface area contributed by atoms with Crippen LogP contribution in [0.15, 0.2) is 47.3 Å². The Morgan fingerprint density at radius 1 is 1.14 bits per heavy atom. The van der Waals surface area contributed by atoms with Gasteiger partial charge in [-0.15, -0.1) is 0 Å². The van der Waals surface area contributed by atoms with Crippen molar-refractivity contribution in [3.63, 3.8) is 0 Å². The maximum absolute atomic E-state index is 12.5. The molecule has 28 heavy (non-hydrogen) atoms. The van der Waals surface area contributed by atoms with Crippen LogP contribution in [0, 0.1) is 0 Å². The van der Waals surface area contributed by atoms with Crippen LogP contribution in [0.4, 0.5) is 0 Å². The number of aryl methyl sites for hydroxylation is 1. The number of benzene rings is 2. The molecule has 0 saturated heterocycles. The second-order valence-electron chi connectivity index (χ2n) is 8.34. The Hall–Kier alpha value is -2.95. The number of rotatable bonds is 3. The average molecular weight is 376 g/mol. The quantitative estimate of drug-likeness (QED) is 0.648. The average Bonchev–Trinajstić information content (AvgIpc) is 3.14. The molecule has 2 aromatic carbocycles. The van der Waals surface area contributed by atoms with Gasteiger partial charge in [0.1, 0.15) is 12.4 Å². The Morgan fingerprint density at radius 2 is 1.89 bits per heavy atom. The van der Waals surface area contributed by atoms with E-state index < -0.39 is 5.97 Å². The smallest absolute Gasteiger partial charge is 0.338 e. The van der Waals surface area contributed by atoms with Crippen molar-refractivity contribution in [2.24, 2.45) is 0 Å². The molecular formula is C23H24N2O3. The van der Waals surface area contributed by atoms with Crippen LogP contribution in [-0.4, -0.2) is 15.5 Å². The molecular weight excluding hydrogens is 352 g/mol. The van der Waals surface area contributed by atoms with Crippen molar-refractivity contribution in [2.75, 3.05) is 0 Å². The minimum absolute atomic E-state index is 0.0312. The van der Waals surface area contributed by atoms with E-state index in [0.29, 0.717) is 16.5 Å². The van der Waals surface area contributed by atoms with Gasteiger partial charge in [-0.3, -0.25) is 9.36 Å². The van der Waals surface area contributed by atoms with Crippen LogP contribution in [0.1, 0.15) is 54.5 Å². The van der Waals surface area contributed by atoms with Gasteiger partial charge in [0.05, 0.1) is 16.5 Å². The van der Waals surface area contributed by atoms with E-state index in [1.165, 1.54) is 5.56 Å². The van der Waals surface area contributed by atoms with E-state index in [9.17, 15) is 9.59 Å². The van der Waals surface area contributed by atoms with Gasteiger partial charge in [0.25, 0.3) is 5.56 Å². The lowest BCUT2D eigenvalue weighted by Crippen LogP contribution is -2.21. The molecule has 0 spiro atoms. The number of hydrogen-bond acceptors (Lipinski definition) is 4. The second kappa shape index (κ2) is 6.89. The highest BCUT2D eigenvalue weighted by atomic mass is 16.5. The number of fused-ring (bicyclic) bond motifs is 2. The van der Waals surface area contributed by atoms with Crippen LogP contribution in [0.25, 0.3) is 10.9 Å². The number of hydrogen-bond donors (Lipinski definition) is 0. The van der Waals surface area contributed by atoms with Gasteiger partial charge in [0.2, 0.25) is 0 Å². The van der Waals surface area contributed by atoms with Crippen molar-refractivity contribution in [2.45, 2.75) is 52.2 Å². The first-order chi connectivity index (χ1) is 13.3. The molecule has 4 rings (SSSR count). The lowest BCUT2D eigenvalue weighted by molar-refractivity contribution is 0.0473. The highest BCUT2D eigenvalue weighted by Crippen LogP contribution is 2.22. The summed E-state index contributed by atoms with van der Waals surface area (Å²) in [5, 5.41) is 0.542. The number of esters is 1. The zero-order valence-electron chi connectivity index (χ0n) is 16.5. The van der Waals surface area contributed by atoms with E-state index in [-0.39, 0.29) is 17.6 Å². The fraction of sp³-hybridized carbons (Fsp3) is 0.348. The van der Waals surface area contributed by atoms with Crippen molar-refractivity contribution in [1.29, 1.82) is 0 Å². The van der Waals surface area contributed by atoms with Crippen molar-refractivity contribution in [1.82, 2.24) is 9.55 Å². The zero-order chi connectivity index (χ0) is 19.9. The Balaban J connectivity index is 1.51. The fourth-order valence-corrected chi connectivity index (χ4v) is 3.54. The summed E-state index contributed by atoms with van der Waals surface area (Å²) in [6, 6.07) is 13.1. The van der Waals surface area contributed by atoms with E-state index >= 15 is 0 Å². The third kappa shape index (κ3) is 3.44. The Bertz CT molecular complexity index is 1110. The van der Waals surface area contributed by atoms with Crippen molar-refractivity contribution in [3.8, 4) is 0 Å². The minimum atomic E-state index is -0.413. The molecule has 0 bridgehead atoms. The van der Waals surface area contributed by atoms with Gasteiger partial charge in [-0.2, -0.15) is 0 Å². The van der Waals surface area contributed by atoms with Gasteiger partial charge in [-0.05, 0) is 41.2 Å². The third-order valence-corrected chi connectivity index (χ3v) is 5.24. The summed E-state index contributed by atoms with van der Waals surface area (Å²) >= 11 is 0. The van der Waals surface area contributed by atoms with Crippen LogP contribution in [0.2, 0.25) is 0 Å². The molecule has 5 heteroatoms. The molecule has 0 aliphatic carbocycles. The first-order valence-electron chi connectivity index (χ1n) is 9.63. The van der Waals surface area contributed by atoms with E-state index in [0.717, 1.165) is 30.8 Å². The molecule has 0 N–H and O–H groups in total. The molecule has 1 aliphatic rings. The van der Waals surface area contributed by atoms with E-state index in [4.69, 9.17) is 4.74 Å². The molecule has 0 fully saturated rings. The first kappa shape index (κ1) is 18.4. The predicted molar refractivity (Wildman–Crippen MR) is 109 cm³/mol. The molecule has 144 valence electrons. The Labute approximate surface area is 164 Å². The van der Waals surface area contributed by atoms with Gasteiger partial charge in [0, 0.05) is 13.0 Å². The number of nitrogens with zero attached hydrogens (tertiary/aromatic N) is 2. The summed E-state index contributed by atoms with van der Waals surface area (Å²) in [6.45, 7) is 7.42. The van der Waals surface area contributed by atoms with Gasteiger partial charge in [-0.1, -0.05) is 45.0 Å². The lowest BCUT2D eigenvalue weighted by Gasteiger charge is -2.19. The summed E-state index contributed by atoms with van der Waals surface area (Å²) < 4.78 is 7.19. The van der Waals surface area contributed by atoms with Crippen molar-refractivity contribution >= 4 is 16.9 Å². The molecule has 5 nitrogen and oxygen atoms in total. The summed E-state index contributed by atoms with van der Waals surface area (Å²) in [4.78, 5) is 29.6. The fourth-order valence-electron chi connectivity index (χ4n) is 3.54. The minimum Gasteiger partial charge on any atom is -0.457 e. The van der Waals surface area contributed by atoms with E-state index in [1.54, 1.807) is 22.8 Å². The van der Waals surface area contributed by atoms with Crippen LogP contribution >= 0.6 is 0 Å². The summed E-state index contributed by atoms with van der Waals surface area (Å²) in [7, 11) is 0. The molecule has 0 radical (unpaired) electrons. The topological polar surface area (TPSA) is 61.2 Å². The monoisotopic (exact) mass is 376 g/mol. The number of carbonyl (C=O) groups is 1. The number of aromatic nitrogens is 2. The molecule has 3 aromatic rings. The standard InChI is InChI=1S/C23H24N2O3/c1-23(2,3)17-9-6-15(7-10-17)14-28-22(27)16-8-11-18-19(13-16)24-20-5-4-12-25(20)21(18)26/h6-11,13H,4-5,12,14H2,1-3H3. The molecule has 0 amide bonds. The van der Waals surface area contributed by atoms with Gasteiger partial charge < -0.3 is 4.74 Å². The van der Waals surface area contributed by atoms with Crippen LogP contribution in [-0.2, 0) is 29.7 Å². The van der Waals surface area contributed by atoms with Crippen molar-refractivity contribution in [3.05, 3.63) is 75.3 Å². The number of ether oxygens (including phenoxy) is 1. The lowest BCUT2D eigenvalue weighted by atomic mass is 9.87. The Morgan fingerprint density at radius 3 is 2.61 bits per heavy atom. The maximum atomic E-state index is 12.5. The molecule has 1 aliphatic heterocycles. The number of carbonyl (C=O) groups excluding carboxylic acids is 1. The van der Waals surface area contributed by atoms with Crippen LogP contribution in [0.3, 0.4) is 0 Å². The molecule has 0 saturated carbocycles. The van der Waals surface area contributed by atoms with Crippen molar-refractivity contribution < 1.29 is 9.53 Å². The van der Waals surface area contributed by atoms with Gasteiger partial charge >= 0.3 is 5.97 Å². The third-order valence-electron chi connectivity index (χ3n) is 5.24. The highest BCUT2D eigenvalue weighted by Gasteiger charge is 2.18. The van der Waals surface area contributed by atoms with E-state index in [1.807, 2.05) is 12.1 Å². The van der Waals surface area contributed by atoms with Gasteiger partial charge in [0.15, 0.2) is 0 Å². The normalized spacial score (nSPS) is 13.5. The predicted octanol–water partition coefficient (Wildman–Crippen LogP) is 4.00. The summed E-state index contributed by atoms with van der Waals surface area (Å²) in [5.74, 6) is 0.381. The second-order valence-corrected chi connectivity index (χ2v) is 8.34. The molecule has 1 aromatic heterocycles. The van der Waals surface area contributed by atoms with Gasteiger partial charge in [-0.25, -0.2) is 9.78 Å². The molecule has 0 atom stereocenters. The molecule has 2 heterocycles. The van der Waals surface area contributed by atoms with Crippen LogP contribution < -0.4 is 5.56 Å². The van der Waals surface area contributed by atoms with Crippen LogP contribution in [0.5, 0.6) is 0 Å². The SMILES string of the molecule is CC(C)(C)c1ccc(COC(=O)c2ccc3c(=O)n4c(nc3c2)CCC4)cc1.